The topological polar surface area (TPSA) is 44.4 Å². The van der Waals surface area contributed by atoms with Crippen molar-refractivity contribution in [2.75, 3.05) is 27.2 Å². The zero-order chi connectivity index (χ0) is 11.8. The van der Waals surface area contributed by atoms with Gasteiger partial charge in [0.05, 0.1) is 6.54 Å². The Hall–Kier alpha value is -0.610. The van der Waals surface area contributed by atoms with E-state index in [1.165, 1.54) is 0 Å². The van der Waals surface area contributed by atoms with E-state index in [9.17, 15) is 4.79 Å². The number of nitrogens with zero attached hydrogens (tertiary/aromatic N) is 1. The molecule has 0 radical (unpaired) electrons. The third-order valence-electron chi connectivity index (χ3n) is 2.27. The van der Waals surface area contributed by atoms with Gasteiger partial charge in [-0.2, -0.15) is 0 Å². The number of carbonyl (C=O) groups is 1. The lowest BCUT2D eigenvalue weighted by Crippen LogP contribution is -2.44. The second-order valence-corrected chi connectivity index (χ2v) is 4.42. The van der Waals surface area contributed by atoms with Crippen LogP contribution in [0.1, 0.15) is 27.2 Å². The first kappa shape index (κ1) is 14.4. The van der Waals surface area contributed by atoms with Crippen molar-refractivity contribution in [1.82, 2.24) is 15.5 Å². The fourth-order valence-electron chi connectivity index (χ4n) is 1.31. The molecule has 4 nitrogen and oxygen atoms in total. The van der Waals surface area contributed by atoms with Crippen LogP contribution in [0.4, 0.5) is 0 Å². The number of likely N-dealkylation sites (N-methyl/N-ethyl adjacent to an activating group) is 1. The van der Waals surface area contributed by atoms with Gasteiger partial charge >= 0.3 is 0 Å². The molecule has 0 aromatic carbocycles. The van der Waals surface area contributed by atoms with Crippen molar-refractivity contribution in [3.05, 3.63) is 0 Å². The van der Waals surface area contributed by atoms with Crippen molar-refractivity contribution in [3.63, 3.8) is 0 Å². The van der Waals surface area contributed by atoms with Crippen LogP contribution in [0.25, 0.3) is 0 Å². The quantitative estimate of drug-likeness (QED) is 0.648. The molecule has 0 aromatic rings. The predicted molar refractivity (Wildman–Crippen MR) is 63.9 cm³/mol. The highest BCUT2D eigenvalue weighted by Crippen LogP contribution is 1.88. The molecular weight excluding hydrogens is 190 g/mol. The zero-order valence-electron chi connectivity index (χ0n) is 10.6. The van der Waals surface area contributed by atoms with Gasteiger partial charge in [0.25, 0.3) is 0 Å². The summed E-state index contributed by atoms with van der Waals surface area (Å²) in [6, 6.07) is 0.603. The number of carbonyl (C=O) groups excluding carboxylic acids is 1. The highest BCUT2D eigenvalue weighted by molar-refractivity contribution is 5.78. The lowest BCUT2D eigenvalue weighted by atomic mass is 10.2. The number of hydrogen-bond donors (Lipinski definition) is 2. The molecule has 0 fully saturated rings. The van der Waals surface area contributed by atoms with Gasteiger partial charge in [-0.15, -0.1) is 0 Å². The highest BCUT2D eigenvalue weighted by atomic mass is 16.1. The minimum Gasteiger partial charge on any atom is -0.353 e. The van der Waals surface area contributed by atoms with Crippen molar-refractivity contribution in [3.8, 4) is 0 Å². The normalized spacial score (nSPS) is 15.1. The Morgan fingerprint density at radius 3 is 2.33 bits per heavy atom. The van der Waals surface area contributed by atoms with Gasteiger partial charge in [0.15, 0.2) is 0 Å². The van der Waals surface area contributed by atoms with Crippen LogP contribution >= 0.6 is 0 Å². The predicted octanol–water partition coefficient (Wildman–Crippen LogP) is 0.441. The molecule has 2 atom stereocenters. The van der Waals surface area contributed by atoms with Gasteiger partial charge in [0.1, 0.15) is 0 Å². The summed E-state index contributed by atoms with van der Waals surface area (Å²) in [5.41, 5.74) is 0. The minimum absolute atomic E-state index is 0.0787. The van der Waals surface area contributed by atoms with E-state index in [4.69, 9.17) is 0 Å². The largest absolute Gasteiger partial charge is 0.353 e. The van der Waals surface area contributed by atoms with Crippen molar-refractivity contribution in [2.45, 2.75) is 39.3 Å². The van der Waals surface area contributed by atoms with E-state index in [1.807, 2.05) is 21.0 Å². The lowest BCUT2D eigenvalue weighted by Gasteiger charge is -2.18. The van der Waals surface area contributed by atoms with Gasteiger partial charge < -0.3 is 15.5 Å². The Morgan fingerprint density at radius 1 is 1.27 bits per heavy atom. The van der Waals surface area contributed by atoms with Crippen LogP contribution in [-0.2, 0) is 4.79 Å². The van der Waals surface area contributed by atoms with Crippen LogP contribution in [0, 0.1) is 0 Å². The number of rotatable bonds is 7. The molecule has 1 amide bonds. The standard InChI is InChI=1S/C11H25N3O/c1-6-9(2)13-11(15)7-12-10(3)8-14(4)5/h9-10,12H,6-8H2,1-5H3,(H,13,15). The van der Waals surface area contributed by atoms with Gasteiger partial charge in [-0.25, -0.2) is 0 Å². The van der Waals surface area contributed by atoms with Crippen LogP contribution < -0.4 is 10.6 Å². The average Bonchev–Trinajstić information content (AvgIpc) is 2.13. The van der Waals surface area contributed by atoms with E-state index >= 15 is 0 Å². The van der Waals surface area contributed by atoms with Gasteiger partial charge in [-0.3, -0.25) is 4.79 Å². The molecule has 0 bridgehead atoms. The average molecular weight is 215 g/mol. The SMILES string of the molecule is CCC(C)NC(=O)CNC(C)CN(C)C. The Bertz CT molecular complexity index is 183. The molecule has 0 heterocycles. The maximum absolute atomic E-state index is 11.4. The van der Waals surface area contributed by atoms with Crippen molar-refractivity contribution in [1.29, 1.82) is 0 Å². The third kappa shape index (κ3) is 8.39. The molecule has 0 aliphatic carbocycles. The van der Waals surface area contributed by atoms with Gasteiger partial charge in [-0.05, 0) is 34.4 Å². The van der Waals surface area contributed by atoms with Crippen LogP contribution in [0.15, 0.2) is 0 Å². The Labute approximate surface area is 93.4 Å². The summed E-state index contributed by atoms with van der Waals surface area (Å²) >= 11 is 0. The molecule has 0 spiro atoms. The Morgan fingerprint density at radius 2 is 1.87 bits per heavy atom. The molecule has 0 aliphatic heterocycles. The van der Waals surface area contributed by atoms with Crippen LogP contribution in [0.5, 0.6) is 0 Å². The molecule has 4 heteroatoms. The fourth-order valence-corrected chi connectivity index (χ4v) is 1.31. The summed E-state index contributed by atoms with van der Waals surface area (Å²) in [5.74, 6) is 0.0787. The first-order valence-corrected chi connectivity index (χ1v) is 5.63. The number of amides is 1. The van der Waals surface area contributed by atoms with Crippen molar-refractivity contribution in [2.24, 2.45) is 0 Å². The van der Waals surface area contributed by atoms with E-state index < -0.39 is 0 Å². The molecule has 90 valence electrons. The van der Waals surface area contributed by atoms with Gasteiger partial charge in [-0.1, -0.05) is 6.92 Å². The van der Waals surface area contributed by atoms with Gasteiger partial charge in [0, 0.05) is 18.6 Å². The first-order valence-electron chi connectivity index (χ1n) is 5.63. The minimum atomic E-state index is 0.0787. The maximum Gasteiger partial charge on any atom is 0.234 e. The summed E-state index contributed by atoms with van der Waals surface area (Å²) in [6.07, 6.45) is 0.971. The fraction of sp³-hybridized carbons (Fsp3) is 0.909. The van der Waals surface area contributed by atoms with Gasteiger partial charge in [0.2, 0.25) is 5.91 Å². The van der Waals surface area contributed by atoms with Crippen LogP contribution in [0.2, 0.25) is 0 Å². The van der Waals surface area contributed by atoms with Crippen molar-refractivity contribution < 1.29 is 4.79 Å². The zero-order valence-corrected chi connectivity index (χ0v) is 10.6. The molecular formula is C11H25N3O. The molecule has 0 saturated heterocycles. The van der Waals surface area contributed by atoms with E-state index in [-0.39, 0.29) is 11.9 Å². The van der Waals surface area contributed by atoms with Crippen molar-refractivity contribution >= 4 is 5.91 Å². The molecule has 2 N–H and O–H groups in total. The molecule has 2 unspecified atom stereocenters. The maximum atomic E-state index is 11.4. The van der Waals surface area contributed by atoms with E-state index in [2.05, 4.69) is 29.4 Å². The number of hydrogen-bond acceptors (Lipinski definition) is 3. The summed E-state index contributed by atoms with van der Waals surface area (Å²) in [5, 5.41) is 6.11. The number of nitrogens with one attached hydrogen (secondary N) is 2. The Balaban J connectivity index is 3.61. The van der Waals surface area contributed by atoms with Crippen LogP contribution in [-0.4, -0.2) is 50.1 Å². The monoisotopic (exact) mass is 215 g/mol. The van der Waals surface area contributed by atoms with E-state index in [0.717, 1.165) is 13.0 Å². The molecule has 0 aliphatic rings. The smallest absolute Gasteiger partial charge is 0.234 e. The molecule has 0 rings (SSSR count). The second kappa shape index (κ2) is 7.65. The second-order valence-electron chi connectivity index (χ2n) is 4.42. The first-order chi connectivity index (χ1) is 6.95. The molecule has 15 heavy (non-hydrogen) atoms. The summed E-state index contributed by atoms with van der Waals surface area (Å²) in [6.45, 7) is 7.50. The summed E-state index contributed by atoms with van der Waals surface area (Å²) in [4.78, 5) is 13.5. The third-order valence-corrected chi connectivity index (χ3v) is 2.27. The molecule has 0 aromatic heterocycles. The van der Waals surface area contributed by atoms with Crippen LogP contribution in [0.3, 0.4) is 0 Å². The lowest BCUT2D eigenvalue weighted by molar-refractivity contribution is -0.121. The van der Waals surface area contributed by atoms with E-state index in [0.29, 0.717) is 12.6 Å². The molecule has 0 saturated carbocycles. The van der Waals surface area contributed by atoms with E-state index in [1.54, 1.807) is 0 Å². The summed E-state index contributed by atoms with van der Waals surface area (Å²) < 4.78 is 0. The highest BCUT2D eigenvalue weighted by Gasteiger charge is 2.07. The Kier molecular flexibility index (Phi) is 7.34. The summed E-state index contributed by atoms with van der Waals surface area (Å²) in [7, 11) is 4.05.